The SMILES string of the molecule is O=C(O)CCNC(=O)N1CCc2cc(S(=O)(=O)N3CCN(c4cccc(Cl)c4)CC3)ccc21. The molecule has 0 radical (unpaired) electrons. The summed E-state index contributed by atoms with van der Waals surface area (Å²) in [4.78, 5) is 26.8. The average molecular weight is 493 g/mol. The Kier molecular flexibility index (Phi) is 6.78. The van der Waals surface area contributed by atoms with E-state index in [1.807, 2.05) is 18.2 Å². The van der Waals surface area contributed by atoms with Crippen LogP contribution in [-0.4, -0.2) is 69.1 Å². The van der Waals surface area contributed by atoms with E-state index in [0.717, 1.165) is 11.3 Å². The fourth-order valence-corrected chi connectivity index (χ4v) is 5.79. The molecule has 0 aromatic heterocycles. The number of rotatable bonds is 6. The summed E-state index contributed by atoms with van der Waals surface area (Å²) in [7, 11) is -3.66. The number of sulfonamides is 1. The van der Waals surface area contributed by atoms with Crippen molar-refractivity contribution in [1.29, 1.82) is 0 Å². The Bertz CT molecular complexity index is 1170. The predicted octanol–water partition coefficient (Wildman–Crippen LogP) is 2.40. The van der Waals surface area contributed by atoms with Gasteiger partial charge in [0, 0.05) is 55.7 Å². The number of carboxylic acids is 1. The van der Waals surface area contributed by atoms with Gasteiger partial charge in [-0.25, -0.2) is 13.2 Å². The molecule has 2 amide bonds. The van der Waals surface area contributed by atoms with Gasteiger partial charge in [-0.15, -0.1) is 0 Å². The van der Waals surface area contributed by atoms with E-state index in [2.05, 4.69) is 10.2 Å². The van der Waals surface area contributed by atoms with Crippen LogP contribution in [0.3, 0.4) is 0 Å². The number of piperazine rings is 1. The number of amides is 2. The number of halogens is 1. The highest BCUT2D eigenvalue weighted by Gasteiger charge is 2.31. The number of hydrogen-bond acceptors (Lipinski definition) is 5. The smallest absolute Gasteiger partial charge is 0.321 e. The van der Waals surface area contributed by atoms with Gasteiger partial charge in [0.05, 0.1) is 11.3 Å². The maximum Gasteiger partial charge on any atom is 0.321 e. The third kappa shape index (κ3) is 5.07. The molecule has 2 aromatic rings. The summed E-state index contributed by atoms with van der Waals surface area (Å²) in [5.74, 6) is -0.986. The highest BCUT2D eigenvalue weighted by atomic mass is 35.5. The minimum atomic E-state index is -3.66. The molecule has 2 aliphatic heterocycles. The molecule has 2 aromatic carbocycles. The number of hydrogen-bond donors (Lipinski definition) is 2. The van der Waals surface area contributed by atoms with Crippen LogP contribution in [0.25, 0.3) is 0 Å². The lowest BCUT2D eigenvalue weighted by atomic mass is 10.2. The van der Waals surface area contributed by atoms with E-state index in [4.69, 9.17) is 16.7 Å². The van der Waals surface area contributed by atoms with Crippen LogP contribution in [0.4, 0.5) is 16.2 Å². The van der Waals surface area contributed by atoms with Crippen molar-refractivity contribution < 1.29 is 23.1 Å². The molecule has 0 saturated carbocycles. The molecule has 4 rings (SSSR count). The Balaban J connectivity index is 1.42. The van der Waals surface area contributed by atoms with Crippen molar-refractivity contribution in [3.05, 3.63) is 53.1 Å². The number of fused-ring (bicyclic) bond motifs is 1. The van der Waals surface area contributed by atoms with E-state index in [0.29, 0.717) is 49.9 Å². The molecule has 2 aliphatic rings. The Morgan fingerprint density at radius 1 is 1.03 bits per heavy atom. The fourth-order valence-electron chi connectivity index (χ4n) is 4.13. The van der Waals surface area contributed by atoms with Crippen LogP contribution >= 0.6 is 11.6 Å². The second-order valence-corrected chi connectivity index (χ2v) is 10.3. The highest BCUT2D eigenvalue weighted by Crippen LogP contribution is 2.31. The number of anilines is 2. The monoisotopic (exact) mass is 492 g/mol. The second-order valence-electron chi connectivity index (χ2n) is 7.94. The first-order valence-corrected chi connectivity index (χ1v) is 12.5. The standard InChI is InChI=1S/C22H25ClN4O5S/c23-17-2-1-3-18(15-17)25-10-12-26(13-11-25)33(31,32)19-4-5-20-16(14-19)7-9-27(20)22(30)24-8-6-21(28)29/h1-5,14-15H,6-13H2,(H,24,30)(H,28,29). The number of carboxylic acid groups (broad SMARTS) is 1. The number of carbonyl (C=O) groups is 2. The molecule has 1 saturated heterocycles. The fraction of sp³-hybridized carbons (Fsp3) is 0.364. The number of aliphatic carboxylic acids is 1. The van der Waals surface area contributed by atoms with Gasteiger partial charge >= 0.3 is 12.0 Å². The molecule has 9 nitrogen and oxygen atoms in total. The van der Waals surface area contributed by atoms with Crippen molar-refractivity contribution in [3.63, 3.8) is 0 Å². The van der Waals surface area contributed by atoms with E-state index in [1.165, 1.54) is 15.3 Å². The molecule has 2 N–H and O–H groups in total. The number of nitrogens with one attached hydrogen (secondary N) is 1. The van der Waals surface area contributed by atoms with Crippen LogP contribution in [0.1, 0.15) is 12.0 Å². The minimum absolute atomic E-state index is 0.0353. The molecular weight excluding hydrogens is 468 g/mol. The molecular formula is C22H25ClN4O5S. The zero-order valence-corrected chi connectivity index (χ0v) is 19.5. The van der Waals surface area contributed by atoms with E-state index >= 15 is 0 Å². The third-order valence-electron chi connectivity index (χ3n) is 5.86. The van der Waals surface area contributed by atoms with Gasteiger partial charge in [-0.05, 0) is 48.4 Å². The predicted molar refractivity (Wildman–Crippen MR) is 126 cm³/mol. The van der Waals surface area contributed by atoms with Gasteiger partial charge in [0.1, 0.15) is 0 Å². The van der Waals surface area contributed by atoms with Gasteiger partial charge in [0.15, 0.2) is 0 Å². The normalized spacial score (nSPS) is 16.5. The summed E-state index contributed by atoms with van der Waals surface area (Å²) < 4.78 is 28.0. The van der Waals surface area contributed by atoms with Gasteiger partial charge in [-0.3, -0.25) is 9.69 Å². The van der Waals surface area contributed by atoms with Gasteiger partial charge in [0.2, 0.25) is 10.0 Å². The van der Waals surface area contributed by atoms with E-state index in [1.54, 1.807) is 18.2 Å². The van der Waals surface area contributed by atoms with E-state index < -0.39 is 16.0 Å². The van der Waals surface area contributed by atoms with Crippen molar-refractivity contribution in [3.8, 4) is 0 Å². The van der Waals surface area contributed by atoms with Crippen LogP contribution in [0, 0.1) is 0 Å². The van der Waals surface area contributed by atoms with Gasteiger partial charge in [0.25, 0.3) is 0 Å². The summed E-state index contributed by atoms with van der Waals surface area (Å²) >= 11 is 6.07. The Morgan fingerprint density at radius 3 is 2.48 bits per heavy atom. The number of urea groups is 1. The van der Waals surface area contributed by atoms with Crippen LogP contribution in [-0.2, 0) is 21.2 Å². The summed E-state index contributed by atoms with van der Waals surface area (Å²) in [5, 5.41) is 11.9. The highest BCUT2D eigenvalue weighted by molar-refractivity contribution is 7.89. The molecule has 2 heterocycles. The first kappa shape index (κ1) is 23.3. The molecule has 1 fully saturated rings. The maximum absolute atomic E-state index is 13.2. The summed E-state index contributed by atoms with van der Waals surface area (Å²) in [6.07, 6.45) is 0.377. The van der Waals surface area contributed by atoms with Crippen LogP contribution < -0.4 is 15.1 Å². The molecule has 0 unspecified atom stereocenters. The van der Waals surface area contributed by atoms with Crippen molar-refractivity contribution >= 4 is 45.0 Å². The second kappa shape index (κ2) is 9.58. The topological polar surface area (TPSA) is 110 Å². The minimum Gasteiger partial charge on any atom is -0.481 e. The van der Waals surface area contributed by atoms with Gasteiger partial charge in [-0.2, -0.15) is 4.31 Å². The van der Waals surface area contributed by atoms with Crippen molar-refractivity contribution in [2.24, 2.45) is 0 Å². The Labute approximate surface area is 197 Å². The molecule has 176 valence electrons. The Morgan fingerprint density at radius 2 is 1.79 bits per heavy atom. The number of carbonyl (C=O) groups excluding carboxylic acids is 1. The quantitative estimate of drug-likeness (QED) is 0.640. The maximum atomic E-state index is 13.2. The average Bonchev–Trinajstić information content (AvgIpc) is 3.22. The largest absolute Gasteiger partial charge is 0.481 e. The van der Waals surface area contributed by atoms with Gasteiger partial charge < -0.3 is 15.3 Å². The van der Waals surface area contributed by atoms with Crippen LogP contribution in [0.5, 0.6) is 0 Å². The molecule has 11 heteroatoms. The molecule has 0 atom stereocenters. The molecule has 0 spiro atoms. The first-order valence-electron chi connectivity index (χ1n) is 10.7. The van der Waals surface area contributed by atoms with Crippen LogP contribution in [0.2, 0.25) is 5.02 Å². The summed E-state index contributed by atoms with van der Waals surface area (Å²) in [6.45, 7) is 2.31. The summed E-state index contributed by atoms with van der Waals surface area (Å²) in [6, 6.07) is 11.9. The van der Waals surface area contributed by atoms with E-state index in [9.17, 15) is 18.0 Å². The first-order chi connectivity index (χ1) is 15.8. The van der Waals surface area contributed by atoms with E-state index in [-0.39, 0.29) is 23.9 Å². The Hall–Kier alpha value is -2.82. The molecule has 0 aliphatic carbocycles. The van der Waals surface area contributed by atoms with Crippen molar-refractivity contribution in [2.75, 3.05) is 49.1 Å². The lowest BCUT2D eigenvalue weighted by molar-refractivity contribution is -0.136. The lowest BCUT2D eigenvalue weighted by Crippen LogP contribution is -2.48. The van der Waals surface area contributed by atoms with Crippen molar-refractivity contribution in [2.45, 2.75) is 17.7 Å². The molecule has 33 heavy (non-hydrogen) atoms. The van der Waals surface area contributed by atoms with Crippen molar-refractivity contribution in [1.82, 2.24) is 9.62 Å². The summed E-state index contributed by atoms with van der Waals surface area (Å²) in [5.41, 5.74) is 2.40. The molecule has 0 bridgehead atoms. The zero-order valence-electron chi connectivity index (χ0n) is 17.9. The zero-order chi connectivity index (χ0) is 23.6. The van der Waals surface area contributed by atoms with Gasteiger partial charge in [-0.1, -0.05) is 17.7 Å². The lowest BCUT2D eigenvalue weighted by Gasteiger charge is -2.35. The van der Waals surface area contributed by atoms with Crippen LogP contribution in [0.15, 0.2) is 47.4 Å². The number of benzene rings is 2. The number of nitrogens with zero attached hydrogens (tertiary/aromatic N) is 3. The third-order valence-corrected chi connectivity index (χ3v) is 7.99.